The Bertz CT molecular complexity index is 1180. The number of carboxylic acids is 1. The molecule has 1 aliphatic heterocycles. The van der Waals surface area contributed by atoms with E-state index in [0.29, 0.717) is 5.69 Å². The number of aryl methyl sites for hydroxylation is 1. The number of rotatable bonds is 5. The first-order chi connectivity index (χ1) is 14.4. The summed E-state index contributed by atoms with van der Waals surface area (Å²) >= 11 is 0. The molecule has 3 aromatic rings. The number of hydrogen-bond donors (Lipinski definition) is 2. The fourth-order valence-corrected chi connectivity index (χ4v) is 3.37. The van der Waals surface area contributed by atoms with Crippen molar-refractivity contribution in [2.75, 3.05) is 0 Å². The second-order valence-electron chi connectivity index (χ2n) is 7.02. The predicted octanol–water partition coefficient (Wildman–Crippen LogP) is 3.58. The van der Waals surface area contributed by atoms with Gasteiger partial charge in [-0.1, -0.05) is 29.8 Å². The summed E-state index contributed by atoms with van der Waals surface area (Å²) < 4.78 is 1.81. The van der Waals surface area contributed by atoms with Crippen LogP contribution in [0, 0.1) is 6.92 Å². The van der Waals surface area contributed by atoms with E-state index in [9.17, 15) is 14.4 Å². The van der Waals surface area contributed by atoms with Crippen LogP contribution in [-0.2, 0) is 11.3 Å². The molecule has 0 bridgehead atoms. The number of carboxylic acid groups (broad SMARTS) is 1. The fourth-order valence-electron chi connectivity index (χ4n) is 3.37. The van der Waals surface area contributed by atoms with Crippen molar-refractivity contribution in [3.8, 4) is 5.69 Å². The maximum absolute atomic E-state index is 12.8. The highest BCUT2D eigenvalue weighted by Crippen LogP contribution is 2.20. The molecule has 30 heavy (non-hydrogen) atoms. The van der Waals surface area contributed by atoms with E-state index in [0.717, 1.165) is 16.8 Å². The predicted molar refractivity (Wildman–Crippen MR) is 111 cm³/mol. The molecule has 150 valence electrons. The second kappa shape index (κ2) is 7.71. The summed E-state index contributed by atoms with van der Waals surface area (Å²) in [7, 11) is 0. The van der Waals surface area contributed by atoms with Gasteiger partial charge in [0.25, 0.3) is 5.91 Å². The van der Waals surface area contributed by atoms with Crippen molar-refractivity contribution in [2.45, 2.75) is 13.5 Å². The Labute approximate surface area is 172 Å². The highest BCUT2D eigenvalue weighted by atomic mass is 16.4. The van der Waals surface area contributed by atoms with Gasteiger partial charge in [0.1, 0.15) is 5.70 Å². The third kappa shape index (κ3) is 3.73. The molecule has 4 rings (SSSR count). The van der Waals surface area contributed by atoms with Crippen molar-refractivity contribution in [2.24, 2.45) is 0 Å². The maximum atomic E-state index is 12.8. The molecule has 0 atom stereocenters. The van der Waals surface area contributed by atoms with Crippen LogP contribution in [0.1, 0.15) is 27.2 Å². The van der Waals surface area contributed by atoms with Crippen LogP contribution in [-0.4, -0.2) is 32.5 Å². The van der Waals surface area contributed by atoms with Gasteiger partial charge in [-0.15, -0.1) is 0 Å². The van der Waals surface area contributed by atoms with E-state index in [1.807, 2.05) is 37.3 Å². The first-order valence-electron chi connectivity index (χ1n) is 9.33. The molecule has 2 aromatic carbocycles. The third-order valence-corrected chi connectivity index (χ3v) is 4.85. The Morgan fingerprint density at radius 1 is 1.07 bits per heavy atom. The van der Waals surface area contributed by atoms with Crippen molar-refractivity contribution in [1.82, 2.24) is 14.8 Å². The van der Waals surface area contributed by atoms with Gasteiger partial charge in [0.2, 0.25) is 0 Å². The van der Waals surface area contributed by atoms with E-state index < -0.39 is 17.9 Å². The number of aromatic nitrogens is 1. The van der Waals surface area contributed by atoms with E-state index in [1.54, 1.807) is 35.0 Å². The first-order valence-corrected chi connectivity index (χ1v) is 9.33. The topological polar surface area (TPSA) is 91.6 Å². The van der Waals surface area contributed by atoms with E-state index in [2.05, 4.69) is 5.32 Å². The van der Waals surface area contributed by atoms with E-state index in [-0.39, 0.29) is 17.8 Å². The summed E-state index contributed by atoms with van der Waals surface area (Å²) in [6.45, 7) is 2.15. The quantitative estimate of drug-likeness (QED) is 0.505. The molecule has 0 spiro atoms. The van der Waals surface area contributed by atoms with E-state index in [1.165, 1.54) is 17.0 Å². The van der Waals surface area contributed by atoms with Crippen molar-refractivity contribution in [3.05, 3.63) is 94.9 Å². The van der Waals surface area contributed by atoms with Crippen LogP contribution in [0.3, 0.4) is 0 Å². The van der Waals surface area contributed by atoms with Crippen LogP contribution in [0.2, 0.25) is 0 Å². The number of urea groups is 1. The lowest BCUT2D eigenvalue weighted by Crippen LogP contribution is -2.30. The van der Waals surface area contributed by atoms with Crippen LogP contribution >= 0.6 is 0 Å². The summed E-state index contributed by atoms with van der Waals surface area (Å²) in [6, 6.07) is 17.2. The highest BCUT2D eigenvalue weighted by molar-refractivity contribution is 6.13. The third-order valence-electron chi connectivity index (χ3n) is 4.85. The molecular formula is C23H19N3O4. The SMILES string of the molecule is Cc1cccc(CN2C(=O)N/C(=C/c3cccn3-c3ccc(C(=O)O)cc3)C2=O)c1. The second-order valence-corrected chi connectivity index (χ2v) is 7.02. The molecule has 0 radical (unpaired) electrons. The summed E-state index contributed by atoms with van der Waals surface area (Å²) in [4.78, 5) is 37.4. The molecule has 7 heteroatoms. The largest absolute Gasteiger partial charge is 0.478 e. The Hall–Kier alpha value is -4.13. The van der Waals surface area contributed by atoms with E-state index >= 15 is 0 Å². The van der Waals surface area contributed by atoms with Crippen LogP contribution < -0.4 is 5.32 Å². The minimum atomic E-state index is -0.996. The molecule has 2 N–H and O–H groups in total. The summed E-state index contributed by atoms with van der Waals surface area (Å²) in [5.41, 5.74) is 3.73. The van der Waals surface area contributed by atoms with Gasteiger partial charge >= 0.3 is 12.0 Å². The van der Waals surface area contributed by atoms with Gasteiger partial charge in [-0.05, 0) is 55.0 Å². The molecule has 0 saturated carbocycles. The van der Waals surface area contributed by atoms with Gasteiger partial charge in [0.15, 0.2) is 0 Å². The normalized spacial score (nSPS) is 15.0. The van der Waals surface area contributed by atoms with Crippen LogP contribution in [0.15, 0.2) is 72.6 Å². The summed E-state index contributed by atoms with van der Waals surface area (Å²) in [5, 5.41) is 11.7. The van der Waals surface area contributed by atoms with Gasteiger partial charge in [0.05, 0.1) is 12.1 Å². The Kier molecular flexibility index (Phi) is 4.93. The highest BCUT2D eigenvalue weighted by Gasteiger charge is 2.33. The zero-order valence-corrected chi connectivity index (χ0v) is 16.2. The average molecular weight is 401 g/mol. The fraction of sp³-hybridized carbons (Fsp3) is 0.0870. The van der Waals surface area contributed by atoms with Crippen LogP contribution in [0.25, 0.3) is 11.8 Å². The lowest BCUT2D eigenvalue weighted by Gasteiger charge is -2.12. The van der Waals surface area contributed by atoms with Gasteiger partial charge in [-0.2, -0.15) is 0 Å². The van der Waals surface area contributed by atoms with E-state index in [4.69, 9.17) is 5.11 Å². The van der Waals surface area contributed by atoms with Gasteiger partial charge < -0.3 is 15.0 Å². The first kappa shape index (κ1) is 19.2. The Morgan fingerprint density at radius 3 is 2.53 bits per heavy atom. The van der Waals surface area contributed by atoms with Crippen molar-refractivity contribution < 1.29 is 19.5 Å². The van der Waals surface area contributed by atoms with Crippen molar-refractivity contribution in [1.29, 1.82) is 0 Å². The number of aromatic carboxylic acids is 1. The zero-order valence-electron chi connectivity index (χ0n) is 16.2. The van der Waals surface area contributed by atoms with Crippen LogP contribution in [0.4, 0.5) is 4.79 Å². The minimum absolute atomic E-state index is 0.190. The maximum Gasteiger partial charge on any atom is 0.335 e. The van der Waals surface area contributed by atoms with Crippen molar-refractivity contribution >= 4 is 24.0 Å². The van der Waals surface area contributed by atoms with Gasteiger partial charge in [0, 0.05) is 17.6 Å². The zero-order chi connectivity index (χ0) is 21.3. The monoisotopic (exact) mass is 401 g/mol. The summed E-state index contributed by atoms with van der Waals surface area (Å²) in [5.74, 6) is -1.39. The molecule has 0 unspecified atom stereocenters. The molecule has 2 heterocycles. The molecular weight excluding hydrogens is 382 g/mol. The molecule has 0 aliphatic carbocycles. The van der Waals surface area contributed by atoms with Gasteiger partial charge in [-0.25, -0.2) is 9.59 Å². The number of hydrogen-bond acceptors (Lipinski definition) is 3. The summed E-state index contributed by atoms with van der Waals surface area (Å²) in [6.07, 6.45) is 3.41. The number of carbonyl (C=O) groups is 3. The number of carbonyl (C=O) groups excluding carboxylic acids is 2. The smallest absolute Gasteiger partial charge is 0.335 e. The van der Waals surface area contributed by atoms with Crippen LogP contribution in [0.5, 0.6) is 0 Å². The molecule has 1 aromatic heterocycles. The number of imide groups is 1. The molecule has 1 aliphatic rings. The number of benzene rings is 2. The molecule has 1 fully saturated rings. The number of nitrogens with zero attached hydrogens (tertiary/aromatic N) is 2. The number of nitrogens with one attached hydrogen (secondary N) is 1. The minimum Gasteiger partial charge on any atom is -0.478 e. The van der Waals surface area contributed by atoms with Gasteiger partial charge in [-0.3, -0.25) is 9.69 Å². The number of amides is 3. The molecule has 1 saturated heterocycles. The Morgan fingerprint density at radius 2 is 1.83 bits per heavy atom. The molecule has 3 amide bonds. The molecule has 7 nitrogen and oxygen atoms in total. The Balaban J connectivity index is 1.59. The van der Waals surface area contributed by atoms with Crippen molar-refractivity contribution in [3.63, 3.8) is 0 Å². The average Bonchev–Trinajstić information content (AvgIpc) is 3.28. The lowest BCUT2D eigenvalue weighted by molar-refractivity contribution is -0.123. The standard InChI is InChI=1S/C23H19N3O4/c1-15-4-2-5-16(12-15)14-26-21(27)20(24-23(26)30)13-19-6-3-11-25(19)18-9-7-17(8-10-18)22(28)29/h2-13H,14H2,1H3,(H,24,30)(H,28,29)/b20-13+. The lowest BCUT2D eigenvalue weighted by atomic mass is 10.1.